The number of hydrogen-bond acceptors (Lipinski definition) is 6. The molecule has 2 aliphatic carbocycles. The summed E-state index contributed by atoms with van der Waals surface area (Å²) >= 11 is 2.80. The first-order chi connectivity index (χ1) is 13.4. The van der Waals surface area contributed by atoms with Crippen molar-refractivity contribution in [3.63, 3.8) is 0 Å². The molecule has 2 N–H and O–H groups in total. The summed E-state index contributed by atoms with van der Waals surface area (Å²) in [5, 5.41) is 4.04. The van der Waals surface area contributed by atoms with E-state index in [2.05, 4.69) is 22.2 Å². The summed E-state index contributed by atoms with van der Waals surface area (Å²) in [4.78, 5) is 47.6. The third-order valence-corrected chi connectivity index (χ3v) is 7.23. The molecule has 0 saturated heterocycles. The number of carbonyl (C=O) groups excluding carboxylic acids is 2. The summed E-state index contributed by atoms with van der Waals surface area (Å²) in [5.41, 5.74) is 1.03. The zero-order valence-electron chi connectivity index (χ0n) is 16.0. The Morgan fingerprint density at radius 1 is 1.36 bits per heavy atom. The summed E-state index contributed by atoms with van der Waals surface area (Å²) in [6.07, 6.45) is 5.08. The van der Waals surface area contributed by atoms with Crippen molar-refractivity contribution in [1.82, 2.24) is 20.2 Å². The Morgan fingerprint density at radius 2 is 2.14 bits per heavy atom. The van der Waals surface area contributed by atoms with Crippen molar-refractivity contribution in [2.75, 3.05) is 19.3 Å². The van der Waals surface area contributed by atoms with Crippen LogP contribution in [-0.2, 0) is 22.4 Å². The molecular weight excluding hydrogens is 396 g/mol. The lowest BCUT2D eigenvalue weighted by Gasteiger charge is -2.17. The van der Waals surface area contributed by atoms with Gasteiger partial charge in [-0.2, -0.15) is 0 Å². The van der Waals surface area contributed by atoms with Crippen molar-refractivity contribution in [3.8, 4) is 0 Å². The molecule has 0 radical (unpaired) electrons. The molecule has 150 valence electrons. The lowest BCUT2D eigenvalue weighted by Crippen LogP contribution is -2.39. The molecule has 0 unspecified atom stereocenters. The van der Waals surface area contributed by atoms with E-state index in [9.17, 15) is 14.4 Å². The number of nitrogens with one attached hydrogen (secondary N) is 2. The Labute approximate surface area is 171 Å². The zero-order chi connectivity index (χ0) is 19.8. The van der Waals surface area contributed by atoms with Gasteiger partial charge in [-0.15, -0.1) is 11.3 Å². The van der Waals surface area contributed by atoms with Crippen LogP contribution < -0.4 is 10.9 Å². The van der Waals surface area contributed by atoms with Gasteiger partial charge >= 0.3 is 0 Å². The topological polar surface area (TPSA) is 95.2 Å². The van der Waals surface area contributed by atoms with E-state index in [0.29, 0.717) is 11.1 Å². The summed E-state index contributed by atoms with van der Waals surface area (Å²) in [5.74, 6) is 0.468. The monoisotopic (exact) mass is 420 g/mol. The maximum absolute atomic E-state index is 12.6. The van der Waals surface area contributed by atoms with E-state index in [0.717, 1.165) is 47.9 Å². The highest BCUT2D eigenvalue weighted by Gasteiger charge is 2.25. The van der Waals surface area contributed by atoms with E-state index < -0.39 is 0 Å². The summed E-state index contributed by atoms with van der Waals surface area (Å²) in [7, 11) is 1.61. The molecule has 2 aromatic heterocycles. The van der Waals surface area contributed by atoms with E-state index >= 15 is 0 Å². The number of thiophene rings is 1. The molecule has 0 aromatic carbocycles. The van der Waals surface area contributed by atoms with Gasteiger partial charge in [0.05, 0.1) is 17.7 Å². The van der Waals surface area contributed by atoms with E-state index in [1.54, 1.807) is 18.4 Å². The first kappa shape index (κ1) is 19.4. The Balaban J connectivity index is 1.41. The number of hydrogen-bond donors (Lipinski definition) is 2. The minimum Gasteiger partial charge on any atom is -0.352 e. The van der Waals surface area contributed by atoms with Crippen molar-refractivity contribution in [2.24, 2.45) is 5.92 Å². The predicted octanol–water partition coefficient (Wildman–Crippen LogP) is 1.94. The van der Waals surface area contributed by atoms with Crippen molar-refractivity contribution < 1.29 is 9.59 Å². The van der Waals surface area contributed by atoms with Gasteiger partial charge in [0.15, 0.2) is 5.16 Å². The Kier molecular flexibility index (Phi) is 5.46. The van der Waals surface area contributed by atoms with Crippen LogP contribution in [0, 0.1) is 5.92 Å². The van der Waals surface area contributed by atoms with Gasteiger partial charge in [-0.3, -0.25) is 14.4 Å². The van der Waals surface area contributed by atoms with Crippen LogP contribution in [0.1, 0.15) is 36.6 Å². The van der Waals surface area contributed by atoms with Crippen LogP contribution in [0.15, 0.2) is 9.95 Å². The van der Waals surface area contributed by atoms with E-state index in [-0.39, 0.29) is 35.7 Å². The number of thioether (sulfide) groups is 1. The minimum atomic E-state index is -0.169. The van der Waals surface area contributed by atoms with Gasteiger partial charge in [-0.25, -0.2) is 4.98 Å². The number of aromatic nitrogens is 2. The number of rotatable bonds is 6. The number of likely N-dealkylation sites (N-methyl/N-ethyl adjacent to an activating group) is 1. The van der Waals surface area contributed by atoms with E-state index in [4.69, 9.17) is 0 Å². The fourth-order valence-corrected chi connectivity index (χ4v) is 5.68. The smallest absolute Gasteiger partial charge is 0.260 e. The van der Waals surface area contributed by atoms with Gasteiger partial charge in [0.25, 0.3) is 5.56 Å². The van der Waals surface area contributed by atoms with Crippen LogP contribution in [-0.4, -0.2) is 52.1 Å². The molecule has 2 aliphatic rings. The van der Waals surface area contributed by atoms with Crippen molar-refractivity contribution in [1.29, 1.82) is 0 Å². The molecule has 28 heavy (non-hydrogen) atoms. The van der Waals surface area contributed by atoms with E-state index in [1.807, 2.05) is 0 Å². The SMILES string of the molecule is C[C@H]1CCc2c(sc3nc(SCC(=O)N(C)CC(=O)NC4CC4)[nH]c(=O)c23)C1. The molecule has 2 amide bonds. The second kappa shape index (κ2) is 7.87. The fraction of sp³-hybridized carbons (Fsp3) is 0.579. The van der Waals surface area contributed by atoms with Crippen LogP contribution in [0.3, 0.4) is 0 Å². The van der Waals surface area contributed by atoms with Gasteiger partial charge in [-0.05, 0) is 43.6 Å². The van der Waals surface area contributed by atoms with Gasteiger partial charge in [0.2, 0.25) is 11.8 Å². The highest BCUT2D eigenvalue weighted by Crippen LogP contribution is 2.36. The largest absolute Gasteiger partial charge is 0.352 e. The second-order valence-electron chi connectivity index (χ2n) is 7.78. The second-order valence-corrected chi connectivity index (χ2v) is 9.83. The van der Waals surface area contributed by atoms with Crippen LogP contribution in [0.5, 0.6) is 0 Å². The number of H-pyrrole nitrogens is 1. The standard InChI is InChI=1S/C19H24N4O3S2/c1-10-3-6-12-13(7-10)28-18-16(12)17(26)21-19(22-18)27-9-15(25)23(2)8-14(24)20-11-4-5-11/h10-11H,3-9H2,1-2H3,(H,20,24)(H,21,22,26)/t10-/m0/s1. The number of fused-ring (bicyclic) bond motifs is 3. The van der Waals surface area contributed by atoms with Crippen LogP contribution in [0.25, 0.3) is 10.2 Å². The van der Waals surface area contributed by atoms with Crippen molar-refractivity contribution in [2.45, 2.75) is 50.2 Å². The van der Waals surface area contributed by atoms with Crippen LogP contribution in [0.2, 0.25) is 0 Å². The summed E-state index contributed by atoms with van der Waals surface area (Å²) < 4.78 is 0. The van der Waals surface area contributed by atoms with Crippen molar-refractivity contribution in [3.05, 3.63) is 20.8 Å². The minimum absolute atomic E-state index is 0.0503. The Bertz CT molecular complexity index is 979. The highest BCUT2D eigenvalue weighted by molar-refractivity contribution is 7.99. The molecular formula is C19H24N4O3S2. The van der Waals surface area contributed by atoms with E-state index in [1.165, 1.54) is 21.5 Å². The zero-order valence-corrected chi connectivity index (χ0v) is 17.7. The molecule has 4 rings (SSSR count). The molecule has 0 bridgehead atoms. The average molecular weight is 421 g/mol. The maximum atomic E-state index is 12.6. The Hall–Kier alpha value is -1.87. The third-order valence-electron chi connectivity index (χ3n) is 5.23. The van der Waals surface area contributed by atoms with Gasteiger partial charge in [-0.1, -0.05) is 18.7 Å². The third kappa shape index (κ3) is 4.25. The fourth-order valence-electron chi connectivity index (χ4n) is 3.44. The molecule has 2 heterocycles. The molecule has 7 nitrogen and oxygen atoms in total. The van der Waals surface area contributed by atoms with Gasteiger partial charge in [0.1, 0.15) is 4.83 Å². The van der Waals surface area contributed by atoms with Crippen molar-refractivity contribution >= 4 is 45.1 Å². The first-order valence-corrected chi connectivity index (χ1v) is 11.4. The quantitative estimate of drug-likeness (QED) is 0.550. The molecule has 0 spiro atoms. The summed E-state index contributed by atoms with van der Waals surface area (Å²) in [6.45, 7) is 2.29. The average Bonchev–Trinajstić information content (AvgIpc) is 3.36. The number of aryl methyl sites for hydroxylation is 1. The molecule has 1 atom stereocenters. The molecule has 1 saturated carbocycles. The number of nitrogens with zero attached hydrogens (tertiary/aromatic N) is 2. The number of carbonyl (C=O) groups is 2. The molecule has 0 aliphatic heterocycles. The number of aromatic amines is 1. The number of amides is 2. The lowest BCUT2D eigenvalue weighted by molar-refractivity contribution is -0.132. The first-order valence-electron chi connectivity index (χ1n) is 9.61. The highest BCUT2D eigenvalue weighted by atomic mass is 32.2. The maximum Gasteiger partial charge on any atom is 0.260 e. The van der Waals surface area contributed by atoms with Gasteiger partial charge in [0, 0.05) is 18.0 Å². The molecule has 9 heteroatoms. The molecule has 2 aromatic rings. The summed E-state index contributed by atoms with van der Waals surface area (Å²) in [6, 6.07) is 0.283. The van der Waals surface area contributed by atoms with Crippen LogP contribution in [0.4, 0.5) is 0 Å². The molecule has 1 fully saturated rings. The van der Waals surface area contributed by atoms with Crippen LogP contribution >= 0.6 is 23.1 Å². The normalized spacial score (nSPS) is 18.7. The van der Waals surface area contributed by atoms with Gasteiger partial charge < -0.3 is 15.2 Å². The predicted molar refractivity (Wildman–Crippen MR) is 111 cm³/mol. The lowest BCUT2D eigenvalue weighted by atomic mass is 9.89. The Morgan fingerprint density at radius 3 is 2.89 bits per heavy atom.